The molecule has 2 N–H and O–H groups in total. The highest BCUT2D eigenvalue weighted by Crippen LogP contribution is 2.18. The van der Waals surface area contributed by atoms with Crippen LogP contribution >= 0.6 is 0 Å². The van der Waals surface area contributed by atoms with Crippen molar-refractivity contribution in [2.24, 2.45) is 0 Å². The van der Waals surface area contributed by atoms with Crippen molar-refractivity contribution in [1.29, 1.82) is 0 Å². The van der Waals surface area contributed by atoms with Crippen LogP contribution in [0.3, 0.4) is 0 Å². The first kappa shape index (κ1) is 17.1. The van der Waals surface area contributed by atoms with Gasteiger partial charge in [0.1, 0.15) is 0 Å². The molecule has 1 heterocycles. The summed E-state index contributed by atoms with van der Waals surface area (Å²) in [5.74, 6) is -0.183. The van der Waals surface area contributed by atoms with Crippen LogP contribution in [0, 0.1) is 0 Å². The van der Waals surface area contributed by atoms with E-state index in [1.54, 1.807) is 4.90 Å². The van der Waals surface area contributed by atoms with Gasteiger partial charge in [-0.2, -0.15) is 0 Å². The van der Waals surface area contributed by atoms with Gasteiger partial charge in [0.25, 0.3) is 0 Å². The number of para-hydroxylation sites is 1. The highest BCUT2D eigenvalue weighted by Gasteiger charge is 2.15. The van der Waals surface area contributed by atoms with E-state index in [-0.39, 0.29) is 24.4 Å². The number of hydrogen-bond acceptors (Lipinski definition) is 2. The molecule has 1 unspecified atom stereocenters. The molecular weight excluding hydrogens is 290 g/mol. The van der Waals surface area contributed by atoms with Crippen molar-refractivity contribution in [2.75, 3.05) is 13.1 Å². The number of amides is 2. The molecule has 0 radical (unpaired) electrons. The highest BCUT2D eigenvalue weighted by atomic mass is 16.2. The van der Waals surface area contributed by atoms with Crippen LogP contribution in [0.1, 0.15) is 32.8 Å². The fraction of sp³-hybridized carbons (Fsp3) is 0.444. The number of carbonyl (C=O) groups is 2. The number of aromatic nitrogens is 1. The standard InChI is InChI=1S/C18H25N3O2/c1-4-13(2)20-18(23)12-21(14(3)22)10-9-15-11-19-17-8-6-5-7-16(15)17/h5-8,11,13,19H,4,9-10,12H2,1-3H3,(H,20,23). The SMILES string of the molecule is CCC(C)NC(=O)CN(CCc1c[nH]c2ccccc12)C(C)=O. The minimum Gasteiger partial charge on any atom is -0.361 e. The van der Waals surface area contributed by atoms with E-state index in [9.17, 15) is 9.59 Å². The molecular formula is C18H25N3O2. The van der Waals surface area contributed by atoms with Gasteiger partial charge in [-0.1, -0.05) is 25.1 Å². The number of carbonyl (C=O) groups excluding carboxylic acids is 2. The summed E-state index contributed by atoms with van der Waals surface area (Å²) in [6.07, 6.45) is 3.57. The van der Waals surface area contributed by atoms with Crippen LogP contribution in [-0.2, 0) is 16.0 Å². The van der Waals surface area contributed by atoms with E-state index in [2.05, 4.69) is 16.4 Å². The summed E-state index contributed by atoms with van der Waals surface area (Å²) in [6.45, 7) is 6.13. The van der Waals surface area contributed by atoms with Crippen LogP contribution in [-0.4, -0.2) is 40.8 Å². The summed E-state index contributed by atoms with van der Waals surface area (Å²) < 4.78 is 0. The van der Waals surface area contributed by atoms with E-state index in [1.807, 2.05) is 38.2 Å². The number of H-pyrrole nitrogens is 1. The zero-order valence-electron chi connectivity index (χ0n) is 14.1. The second-order valence-corrected chi connectivity index (χ2v) is 5.93. The van der Waals surface area contributed by atoms with E-state index >= 15 is 0 Å². The van der Waals surface area contributed by atoms with Gasteiger partial charge < -0.3 is 15.2 Å². The topological polar surface area (TPSA) is 65.2 Å². The Labute approximate surface area is 137 Å². The average molecular weight is 315 g/mol. The predicted octanol–water partition coefficient (Wildman–Crippen LogP) is 2.47. The summed E-state index contributed by atoms with van der Waals surface area (Å²) in [7, 11) is 0. The van der Waals surface area contributed by atoms with Crippen molar-refractivity contribution < 1.29 is 9.59 Å². The second kappa shape index (κ2) is 7.81. The van der Waals surface area contributed by atoms with E-state index in [0.717, 1.165) is 23.9 Å². The predicted molar refractivity (Wildman–Crippen MR) is 92.2 cm³/mol. The molecule has 2 rings (SSSR count). The molecule has 1 aromatic carbocycles. The number of benzene rings is 1. The molecule has 0 aliphatic rings. The Hall–Kier alpha value is -2.30. The van der Waals surface area contributed by atoms with Gasteiger partial charge in [0.15, 0.2) is 0 Å². The van der Waals surface area contributed by atoms with Gasteiger partial charge in [0.2, 0.25) is 11.8 Å². The van der Waals surface area contributed by atoms with Crippen molar-refractivity contribution in [3.63, 3.8) is 0 Å². The van der Waals surface area contributed by atoms with Crippen molar-refractivity contribution in [3.8, 4) is 0 Å². The van der Waals surface area contributed by atoms with Crippen molar-refractivity contribution in [2.45, 2.75) is 39.7 Å². The van der Waals surface area contributed by atoms with Crippen LogP contribution in [0.2, 0.25) is 0 Å². The fourth-order valence-corrected chi connectivity index (χ4v) is 2.54. The number of hydrogen-bond donors (Lipinski definition) is 2. The summed E-state index contributed by atoms with van der Waals surface area (Å²) in [5.41, 5.74) is 2.25. The lowest BCUT2D eigenvalue weighted by atomic mass is 10.1. The zero-order chi connectivity index (χ0) is 16.8. The summed E-state index contributed by atoms with van der Waals surface area (Å²) in [5, 5.41) is 4.07. The fourth-order valence-electron chi connectivity index (χ4n) is 2.54. The van der Waals surface area contributed by atoms with Gasteiger partial charge in [-0.05, 0) is 31.4 Å². The molecule has 0 aliphatic carbocycles. The lowest BCUT2D eigenvalue weighted by Crippen LogP contribution is -2.43. The lowest BCUT2D eigenvalue weighted by Gasteiger charge is -2.21. The van der Waals surface area contributed by atoms with Crippen LogP contribution in [0.4, 0.5) is 0 Å². The smallest absolute Gasteiger partial charge is 0.239 e. The third-order valence-electron chi connectivity index (χ3n) is 4.13. The van der Waals surface area contributed by atoms with E-state index in [1.165, 1.54) is 12.3 Å². The molecule has 0 saturated carbocycles. The van der Waals surface area contributed by atoms with Gasteiger partial charge in [0, 0.05) is 36.6 Å². The number of nitrogens with one attached hydrogen (secondary N) is 2. The highest BCUT2D eigenvalue weighted by molar-refractivity contribution is 5.84. The molecule has 2 amide bonds. The maximum atomic E-state index is 12.0. The zero-order valence-corrected chi connectivity index (χ0v) is 14.1. The summed E-state index contributed by atoms with van der Waals surface area (Å²) in [4.78, 5) is 28.6. The average Bonchev–Trinajstić information content (AvgIpc) is 2.94. The minimum absolute atomic E-state index is 0.0795. The van der Waals surface area contributed by atoms with Gasteiger partial charge in [-0.3, -0.25) is 9.59 Å². The van der Waals surface area contributed by atoms with Gasteiger partial charge in [-0.25, -0.2) is 0 Å². The van der Waals surface area contributed by atoms with Crippen LogP contribution < -0.4 is 5.32 Å². The summed E-state index contributed by atoms with van der Waals surface area (Å²) >= 11 is 0. The number of nitrogens with zero attached hydrogens (tertiary/aromatic N) is 1. The molecule has 5 heteroatoms. The Morgan fingerprint density at radius 1 is 1.30 bits per heavy atom. The molecule has 0 spiro atoms. The summed E-state index contributed by atoms with van der Waals surface area (Å²) in [6, 6.07) is 8.21. The second-order valence-electron chi connectivity index (χ2n) is 5.93. The molecule has 0 saturated heterocycles. The van der Waals surface area contributed by atoms with E-state index < -0.39 is 0 Å². The molecule has 1 aromatic heterocycles. The third kappa shape index (κ3) is 4.58. The van der Waals surface area contributed by atoms with Gasteiger partial charge in [0.05, 0.1) is 6.54 Å². The van der Waals surface area contributed by atoms with Gasteiger partial charge in [-0.15, -0.1) is 0 Å². The maximum absolute atomic E-state index is 12.0. The van der Waals surface area contributed by atoms with Crippen molar-refractivity contribution in [1.82, 2.24) is 15.2 Å². The number of rotatable bonds is 7. The Morgan fingerprint density at radius 2 is 2.04 bits per heavy atom. The number of fused-ring (bicyclic) bond motifs is 1. The molecule has 0 fully saturated rings. The van der Waals surface area contributed by atoms with Crippen LogP contribution in [0.25, 0.3) is 10.9 Å². The molecule has 0 bridgehead atoms. The van der Waals surface area contributed by atoms with E-state index in [4.69, 9.17) is 0 Å². The largest absolute Gasteiger partial charge is 0.361 e. The normalized spacial score (nSPS) is 12.1. The van der Waals surface area contributed by atoms with Crippen LogP contribution in [0.5, 0.6) is 0 Å². The molecule has 0 aliphatic heterocycles. The Morgan fingerprint density at radius 3 is 2.74 bits per heavy atom. The first-order valence-electron chi connectivity index (χ1n) is 8.11. The molecule has 1 atom stereocenters. The lowest BCUT2D eigenvalue weighted by molar-refractivity contribution is -0.134. The first-order valence-corrected chi connectivity index (χ1v) is 8.11. The third-order valence-corrected chi connectivity index (χ3v) is 4.13. The van der Waals surface area contributed by atoms with Gasteiger partial charge >= 0.3 is 0 Å². The monoisotopic (exact) mass is 315 g/mol. The minimum atomic E-state index is -0.103. The maximum Gasteiger partial charge on any atom is 0.239 e. The Kier molecular flexibility index (Phi) is 5.79. The van der Waals surface area contributed by atoms with Crippen molar-refractivity contribution >= 4 is 22.7 Å². The molecule has 5 nitrogen and oxygen atoms in total. The Balaban J connectivity index is 1.97. The number of aromatic amines is 1. The molecule has 23 heavy (non-hydrogen) atoms. The first-order chi connectivity index (χ1) is 11.0. The van der Waals surface area contributed by atoms with Crippen LogP contribution in [0.15, 0.2) is 30.5 Å². The molecule has 2 aromatic rings. The van der Waals surface area contributed by atoms with E-state index in [0.29, 0.717) is 6.54 Å². The molecule has 124 valence electrons. The van der Waals surface area contributed by atoms with Crippen molar-refractivity contribution in [3.05, 3.63) is 36.0 Å². The Bertz CT molecular complexity index is 678. The quantitative estimate of drug-likeness (QED) is 0.824.